The van der Waals surface area contributed by atoms with Gasteiger partial charge in [0.25, 0.3) is 0 Å². The van der Waals surface area contributed by atoms with Crippen LogP contribution in [0, 0.1) is 0 Å². The lowest BCUT2D eigenvalue weighted by molar-refractivity contribution is 0.999. The van der Waals surface area contributed by atoms with Crippen molar-refractivity contribution in [1.29, 1.82) is 0 Å². The average molecular weight is 341 g/mol. The second-order valence-corrected chi connectivity index (χ2v) is 6.16. The highest BCUT2D eigenvalue weighted by atomic mass is 79.9. The summed E-state index contributed by atoms with van der Waals surface area (Å²) in [6.45, 7) is 0. The fourth-order valence-corrected chi connectivity index (χ4v) is 2.96. The summed E-state index contributed by atoms with van der Waals surface area (Å²) in [5.74, 6) is 1.73. The molecule has 1 aromatic carbocycles. The minimum Gasteiger partial charge on any atom is -0.384 e. The normalized spacial score (nSPS) is 14.5. The highest BCUT2D eigenvalue weighted by Crippen LogP contribution is 2.40. The Morgan fingerprint density at radius 2 is 2.00 bits per heavy atom. The van der Waals surface area contributed by atoms with Gasteiger partial charge in [-0.15, -0.1) is 0 Å². The zero-order chi connectivity index (χ0) is 14.4. The maximum Gasteiger partial charge on any atom is 0.163 e. The summed E-state index contributed by atoms with van der Waals surface area (Å²) in [4.78, 5) is 13.6. The van der Waals surface area contributed by atoms with Gasteiger partial charge in [0.2, 0.25) is 0 Å². The van der Waals surface area contributed by atoms with Crippen molar-refractivity contribution in [2.45, 2.75) is 18.8 Å². The lowest BCUT2D eigenvalue weighted by Crippen LogP contribution is -2.00. The average Bonchev–Trinajstić information content (AvgIpc) is 3.32. The first-order valence-electron chi connectivity index (χ1n) is 6.90. The van der Waals surface area contributed by atoms with Gasteiger partial charge in [0, 0.05) is 39.3 Å². The summed E-state index contributed by atoms with van der Waals surface area (Å²) >= 11 is 3.56. The molecule has 0 unspecified atom stereocenters. The van der Waals surface area contributed by atoms with Gasteiger partial charge < -0.3 is 5.73 Å². The Kier molecular flexibility index (Phi) is 2.89. The number of rotatable bonds is 2. The Balaban J connectivity index is 1.96. The third kappa shape index (κ3) is 2.27. The largest absolute Gasteiger partial charge is 0.384 e. The molecule has 4 nitrogen and oxygen atoms in total. The van der Waals surface area contributed by atoms with Gasteiger partial charge in [-0.3, -0.25) is 4.98 Å². The van der Waals surface area contributed by atoms with Crippen LogP contribution >= 0.6 is 15.9 Å². The first-order chi connectivity index (χ1) is 10.2. The molecule has 5 heteroatoms. The molecule has 3 aromatic rings. The van der Waals surface area contributed by atoms with E-state index in [1.807, 2.05) is 30.3 Å². The fraction of sp³-hybridized carbons (Fsp3) is 0.188. The van der Waals surface area contributed by atoms with Crippen molar-refractivity contribution in [3.63, 3.8) is 0 Å². The van der Waals surface area contributed by atoms with E-state index < -0.39 is 0 Å². The lowest BCUT2D eigenvalue weighted by Gasteiger charge is -2.08. The van der Waals surface area contributed by atoms with Crippen molar-refractivity contribution in [3.8, 4) is 11.4 Å². The molecule has 2 N–H and O–H groups in total. The van der Waals surface area contributed by atoms with Crippen LogP contribution in [0.3, 0.4) is 0 Å². The number of hydrogen-bond donors (Lipinski definition) is 1. The van der Waals surface area contributed by atoms with E-state index in [0.717, 1.165) is 26.6 Å². The van der Waals surface area contributed by atoms with Gasteiger partial charge in [0.05, 0.1) is 5.52 Å². The second-order valence-electron chi connectivity index (χ2n) is 5.31. The van der Waals surface area contributed by atoms with Gasteiger partial charge in [-0.2, -0.15) is 0 Å². The van der Waals surface area contributed by atoms with Crippen LogP contribution in [0.25, 0.3) is 22.3 Å². The summed E-state index contributed by atoms with van der Waals surface area (Å²) < 4.78 is 1.01. The zero-order valence-corrected chi connectivity index (χ0v) is 12.8. The smallest absolute Gasteiger partial charge is 0.163 e. The number of halogens is 1. The maximum atomic E-state index is 5.96. The van der Waals surface area contributed by atoms with E-state index in [-0.39, 0.29) is 0 Å². The Bertz CT molecular complexity index is 843. The predicted molar refractivity (Wildman–Crippen MR) is 86.9 cm³/mol. The van der Waals surface area contributed by atoms with Gasteiger partial charge >= 0.3 is 0 Å². The van der Waals surface area contributed by atoms with Crippen LogP contribution in [0.15, 0.2) is 41.0 Å². The van der Waals surface area contributed by atoms with Crippen LogP contribution < -0.4 is 5.73 Å². The molecule has 0 amide bonds. The van der Waals surface area contributed by atoms with Crippen LogP contribution in [0.4, 0.5) is 5.82 Å². The molecule has 0 aliphatic heterocycles. The molecule has 0 atom stereocenters. The molecule has 0 spiro atoms. The van der Waals surface area contributed by atoms with E-state index in [1.165, 1.54) is 12.8 Å². The van der Waals surface area contributed by atoms with Crippen molar-refractivity contribution in [2.75, 3.05) is 5.73 Å². The molecule has 1 aliphatic rings. The summed E-state index contributed by atoms with van der Waals surface area (Å²) in [7, 11) is 0. The van der Waals surface area contributed by atoms with Gasteiger partial charge in [-0.1, -0.05) is 22.0 Å². The van der Waals surface area contributed by atoms with Crippen LogP contribution in [0.2, 0.25) is 0 Å². The third-order valence-electron chi connectivity index (χ3n) is 3.72. The Morgan fingerprint density at radius 1 is 1.14 bits per heavy atom. The van der Waals surface area contributed by atoms with Crippen LogP contribution in [0.5, 0.6) is 0 Å². The molecule has 4 rings (SSSR count). The monoisotopic (exact) mass is 340 g/mol. The Hall–Kier alpha value is -2.01. The van der Waals surface area contributed by atoms with Gasteiger partial charge in [0.1, 0.15) is 5.82 Å². The number of fused-ring (bicyclic) bond motifs is 1. The molecule has 1 saturated carbocycles. The number of nitrogen functional groups attached to an aromatic ring is 1. The standard InChI is InChI=1S/C16H13BrN4/c17-12-6-5-11(15-10(12)2-1-7-19-15)16-20-13(9-3-4-9)8-14(18)21-16/h1-2,5-9H,3-4H2,(H2,18,20,21). The third-order valence-corrected chi connectivity index (χ3v) is 4.41. The molecule has 2 heterocycles. The van der Waals surface area contributed by atoms with Gasteiger partial charge in [-0.25, -0.2) is 9.97 Å². The summed E-state index contributed by atoms with van der Waals surface area (Å²) in [5.41, 5.74) is 8.81. The fourth-order valence-electron chi connectivity index (χ4n) is 2.51. The molecular weight excluding hydrogens is 328 g/mol. The highest BCUT2D eigenvalue weighted by Gasteiger charge is 2.26. The predicted octanol–water partition coefficient (Wildman–Crippen LogP) is 3.91. The molecular formula is C16H13BrN4. The highest BCUT2D eigenvalue weighted by molar-refractivity contribution is 9.10. The van der Waals surface area contributed by atoms with E-state index in [9.17, 15) is 0 Å². The van der Waals surface area contributed by atoms with E-state index in [0.29, 0.717) is 17.6 Å². The number of benzene rings is 1. The van der Waals surface area contributed by atoms with Crippen LogP contribution in [-0.2, 0) is 0 Å². The minimum atomic E-state index is 0.522. The molecule has 0 radical (unpaired) electrons. The van der Waals surface area contributed by atoms with Crippen molar-refractivity contribution < 1.29 is 0 Å². The molecule has 0 bridgehead atoms. The lowest BCUT2D eigenvalue weighted by atomic mass is 10.1. The Morgan fingerprint density at radius 3 is 2.81 bits per heavy atom. The van der Waals surface area contributed by atoms with E-state index >= 15 is 0 Å². The zero-order valence-electron chi connectivity index (χ0n) is 11.3. The summed E-state index contributed by atoms with van der Waals surface area (Å²) in [6.07, 6.45) is 4.16. The van der Waals surface area contributed by atoms with Gasteiger partial charge in [-0.05, 0) is 31.0 Å². The van der Waals surface area contributed by atoms with Crippen LogP contribution in [0.1, 0.15) is 24.5 Å². The first-order valence-corrected chi connectivity index (χ1v) is 7.70. The first kappa shape index (κ1) is 12.7. The quantitative estimate of drug-likeness (QED) is 0.767. The van der Waals surface area contributed by atoms with Gasteiger partial charge in [0.15, 0.2) is 5.82 Å². The molecule has 21 heavy (non-hydrogen) atoms. The minimum absolute atomic E-state index is 0.522. The SMILES string of the molecule is Nc1cc(C2CC2)nc(-c2ccc(Br)c3cccnc23)n1. The molecule has 104 valence electrons. The Labute approximate surface area is 130 Å². The van der Waals surface area contributed by atoms with E-state index in [1.54, 1.807) is 6.20 Å². The number of nitrogens with zero attached hydrogens (tertiary/aromatic N) is 3. The summed E-state index contributed by atoms with van der Waals surface area (Å²) in [5, 5.41) is 1.05. The number of nitrogens with two attached hydrogens (primary N) is 1. The maximum absolute atomic E-state index is 5.96. The van der Waals surface area contributed by atoms with Crippen molar-refractivity contribution in [2.24, 2.45) is 0 Å². The molecule has 1 aliphatic carbocycles. The second kappa shape index (κ2) is 4.77. The van der Waals surface area contributed by atoms with Crippen molar-refractivity contribution >= 4 is 32.7 Å². The van der Waals surface area contributed by atoms with Crippen LogP contribution in [-0.4, -0.2) is 15.0 Å². The molecule has 2 aromatic heterocycles. The van der Waals surface area contributed by atoms with Crippen molar-refractivity contribution in [1.82, 2.24) is 15.0 Å². The van der Waals surface area contributed by atoms with E-state index in [2.05, 4.69) is 25.9 Å². The molecule has 0 saturated heterocycles. The molecule has 1 fully saturated rings. The number of pyridine rings is 1. The summed E-state index contributed by atoms with van der Waals surface area (Å²) in [6, 6.07) is 9.83. The number of hydrogen-bond acceptors (Lipinski definition) is 4. The van der Waals surface area contributed by atoms with Crippen molar-refractivity contribution in [3.05, 3.63) is 46.7 Å². The topological polar surface area (TPSA) is 64.7 Å². The van der Waals surface area contributed by atoms with E-state index in [4.69, 9.17) is 10.7 Å². The number of anilines is 1. The number of aromatic nitrogens is 3.